The Balaban J connectivity index is 2.44. The third kappa shape index (κ3) is 1.95. The summed E-state index contributed by atoms with van der Waals surface area (Å²) in [6.07, 6.45) is 0. The van der Waals surface area contributed by atoms with Crippen LogP contribution in [0.5, 0.6) is 5.75 Å². The van der Waals surface area contributed by atoms with Gasteiger partial charge in [-0.15, -0.1) is 0 Å². The fourth-order valence-electron chi connectivity index (χ4n) is 1.43. The monoisotopic (exact) mass is 217 g/mol. The first-order valence-corrected chi connectivity index (χ1v) is 4.97. The number of hydrogen-bond acceptors (Lipinski definition) is 4. The van der Waals surface area contributed by atoms with Crippen LogP contribution >= 0.6 is 0 Å². The zero-order valence-electron chi connectivity index (χ0n) is 8.80. The van der Waals surface area contributed by atoms with Crippen LogP contribution in [0.3, 0.4) is 0 Å². The van der Waals surface area contributed by atoms with E-state index in [2.05, 4.69) is 4.98 Å². The molecule has 1 N–H and O–H groups in total. The number of phenolic OH excluding ortho intramolecular Hbond substituents is 1. The number of pyridine rings is 1. The van der Waals surface area contributed by atoms with Crippen LogP contribution in [-0.4, -0.2) is 22.7 Å². The van der Waals surface area contributed by atoms with Crippen molar-refractivity contribution in [1.29, 1.82) is 0 Å². The Kier molecular flexibility index (Phi) is 2.72. The van der Waals surface area contributed by atoms with Gasteiger partial charge >= 0.3 is 5.97 Å². The number of benzene rings is 1. The molecule has 2 aromatic rings. The van der Waals surface area contributed by atoms with Gasteiger partial charge in [0.2, 0.25) is 0 Å². The second-order valence-electron chi connectivity index (χ2n) is 3.29. The molecule has 4 nitrogen and oxygen atoms in total. The van der Waals surface area contributed by atoms with Crippen molar-refractivity contribution in [3.05, 3.63) is 36.0 Å². The van der Waals surface area contributed by atoms with E-state index in [0.29, 0.717) is 12.1 Å². The lowest BCUT2D eigenvalue weighted by Crippen LogP contribution is -2.06. The highest BCUT2D eigenvalue weighted by Crippen LogP contribution is 2.18. The van der Waals surface area contributed by atoms with Gasteiger partial charge in [0.05, 0.1) is 12.1 Å². The summed E-state index contributed by atoms with van der Waals surface area (Å²) in [6, 6.07) is 8.10. The van der Waals surface area contributed by atoms with Gasteiger partial charge in [0.25, 0.3) is 0 Å². The van der Waals surface area contributed by atoms with E-state index in [-0.39, 0.29) is 11.4 Å². The molecule has 4 heteroatoms. The van der Waals surface area contributed by atoms with E-state index in [4.69, 9.17) is 4.74 Å². The van der Waals surface area contributed by atoms with Gasteiger partial charge in [-0.25, -0.2) is 9.78 Å². The number of aromatic nitrogens is 1. The molecule has 0 aliphatic carbocycles. The SMILES string of the molecule is CCOC(=O)c1ccc2cc(O)ccc2n1. The number of nitrogens with zero attached hydrogens (tertiary/aromatic N) is 1. The van der Waals surface area contributed by atoms with Crippen LogP contribution in [0.2, 0.25) is 0 Å². The number of hydrogen-bond donors (Lipinski definition) is 1. The minimum atomic E-state index is -0.433. The molecule has 2 rings (SSSR count). The molecule has 0 saturated heterocycles. The Morgan fingerprint density at radius 1 is 1.38 bits per heavy atom. The summed E-state index contributed by atoms with van der Waals surface area (Å²) in [5, 5.41) is 10.1. The van der Waals surface area contributed by atoms with E-state index < -0.39 is 5.97 Å². The molecule has 0 unspecified atom stereocenters. The Morgan fingerprint density at radius 3 is 2.94 bits per heavy atom. The average Bonchev–Trinajstić information content (AvgIpc) is 2.28. The number of phenols is 1. The van der Waals surface area contributed by atoms with Crippen LogP contribution in [0.4, 0.5) is 0 Å². The molecule has 0 aliphatic rings. The van der Waals surface area contributed by atoms with Crippen LogP contribution in [0.1, 0.15) is 17.4 Å². The summed E-state index contributed by atoms with van der Waals surface area (Å²) in [4.78, 5) is 15.6. The first kappa shape index (κ1) is 10.4. The van der Waals surface area contributed by atoms with Crippen LogP contribution in [0, 0.1) is 0 Å². The standard InChI is InChI=1S/C12H11NO3/c1-2-16-12(15)11-5-3-8-7-9(14)4-6-10(8)13-11/h3-7,14H,2H2,1H3. The van der Waals surface area contributed by atoms with Gasteiger partial charge < -0.3 is 9.84 Å². The number of fused-ring (bicyclic) bond motifs is 1. The number of carbonyl (C=O) groups excluding carboxylic acids is 1. The van der Waals surface area contributed by atoms with Crippen molar-refractivity contribution in [1.82, 2.24) is 4.98 Å². The van der Waals surface area contributed by atoms with Gasteiger partial charge in [-0.3, -0.25) is 0 Å². The number of esters is 1. The smallest absolute Gasteiger partial charge is 0.356 e. The van der Waals surface area contributed by atoms with E-state index >= 15 is 0 Å². The van der Waals surface area contributed by atoms with Crippen molar-refractivity contribution in [2.24, 2.45) is 0 Å². The van der Waals surface area contributed by atoms with E-state index in [1.165, 1.54) is 6.07 Å². The number of carbonyl (C=O) groups is 1. The van der Waals surface area contributed by atoms with Crippen molar-refractivity contribution in [2.45, 2.75) is 6.92 Å². The van der Waals surface area contributed by atoms with E-state index in [1.54, 1.807) is 31.2 Å². The van der Waals surface area contributed by atoms with Crippen molar-refractivity contribution in [3.8, 4) is 5.75 Å². The Morgan fingerprint density at radius 2 is 2.19 bits per heavy atom. The molecule has 0 fully saturated rings. The predicted molar refractivity (Wildman–Crippen MR) is 59.4 cm³/mol. The molecule has 0 saturated carbocycles. The molecule has 0 amide bonds. The minimum absolute atomic E-state index is 0.179. The highest BCUT2D eigenvalue weighted by molar-refractivity contribution is 5.91. The van der Waals surface area contributed by atoms with Crippen LogP contribution in [0.25, 0.3) is 10.9 Å². The summed E-state index contributed by atoms with van der Waals surface area (Å²) < 4.78 is 4.85. The number of ether oxygens (including phenoxy) is 1. The van der Waals surface area contributed by atoms with Crippen molar-refractivity contribution in [2.75, 3.05) is 6.61 Å². The summed E-state index contributed by atoms with van der Waals surface area (Å²) in [5.41, 5.74) is 0.934. The molecule has 82 valence electrons. The summed E-state index contributed by atoms with van der Waals surface area (Å²) in [6.45, 7) is 2.07. The molecular weight excluding hydrogens is 206 g/mol. The molecular formula is C12H11NO3. The zero-order valence-corrected chi connectivity index (χ0v) is 8.80. The van der Waals surface area contributed by atoms with Crippen LogP contribution in [-0.2, 0) is 4.74 Å². The van der Waals surface area contributed by atoms with Crippen molar-refractivity contribution < 1.29 is 14.6 Å². The molecule has 1 aromatic heterocycles. The Labute approximate surface area is 92.5 Å². The first-order valence-electron chi connectivity index (χ1n) is 4.97. The van der Waals surface area contributed by atoms with E-state index in [1.807, 2.05) is 0 Å². The largest absolute Gasteiger partial charge is 0.508 e. The maximum Gasteiger partial charge on any atom is 0.356 e. The summed E-state index contributed by atoms with van der Waals surface area (Å²) in [7, 11) is 0. The topological polar surface area (TPSA) is 59.4 Å². The lowest BCUT2D eigenvalue weighted by Gasteiger charge is -2.02. The highest BCUT2D eigenvalue weighted by atomic mass is 16.5. The minimum Gasteiger partial charge on any atom is -0.508 e. The van der Waals surface area contributed by atoms with Gasteiger partial charge in [-0.05, 0) is 31.2 Å². The van der Waals surface area contributed by atoms with Crippen molar-refractivity contribution in [3.63, 3.8) is 0 Å². The molecule has 0 atom stereocenters. The van der Waals surface area contributed by atoms with Gasteiger partial charge in [0.1, 0.15) is 11.4 Å². The zero-order chi connectivity index (χ0) is 11.5. The fraction of sp³-hybridized carbons (Fsp3) is 0.167. The second-order valence-corrected chi connectivity index (χ2v) is 3.29. The average molecular weight is 217 g/mol. The second kappa shape index (κ2) is 4.18. The molecule has 0 radical (unpaired) electrons. The molecule has 0 aliphatic heterocycles. The first-order chi connectivity index (χ1) is 7.70. The lowest BCUT2D eigenvalue weighted by molar-refractivity contribution is 0.0520. The van der Waals surface area contributed by atoms with E-state index in [0.717, 1.165) is 5.39 Å². The van der Waals surface area contributed by atoms with Crippen LogP contribution < -0.4 is 0 Å². The normalized spacial score (nSPS) is 10.3. The third-order valence-corrected chi connectivity index (χ3v) is 2.16. The maximum atomic E-state index is 11.4. The summed E-state index contributed by atoms with van der Waals surface area (Å²) >= 11 is 0. The Bertz CT molecular complexity index is 537. The number of rotatable bonds is 2. The fourth-order valence-corrected chi connectivity index (χ4v) is 1.43. The van der Waals surface area contributed by atoms with Gasteiger partial charge in [0.15, 0.2) is 0 Å². The van der Waals surface area contributed by atoms with E-state index in [9.17, 15) is 9.90 Å². The molecule has 1 aromatic carbocycles. The van der Waals surface area contributed by atoms with Crippen molar-refractivity contribution >= 4 is 16.9 Å². The van der Waals surface area contributed by atoms with Gasteiger partial charge in [-0.1, -0.05) is 6.07 Å². The highest BCUT2D eigenvalue weighted by Gasteiger charge is 2.08. The Hall–Kier alpha value is -2.10. The number of aromatic hydroxyl groups is 1. The van der Waals surface area contributed by atoms with Crippen LogP contribution in [0.15, 0.2) is 30.3 Å². The van der Waals surface area contributed by atoms with Gasteiger partial charge in [-0.2, -0.15) is 0 Å². The maximum absolute atomic E-state index is 11.4. The quantitative estimate of drug-likeness (QED) is 0.783. The lowest BCUT2D eigenvalue weighted by atomic mass is 10.2. The van der Waals surface area contributed by atoms with Gasteiger partial charge in [0, 0.05) is 5.39 Å². The third-order valence-electron chi connectivity index (χ3n) is 2.16. The molecule has 0 spiro atoms. The molecule has 16 heavy (non-hydrogen) atoms. The molecule has 1 heterocycles. The summed E-state index contributed by atoms with van der Waals surface area (Å²) in [5.74, 6) is -0.254. The predicted octanol–water partition coefficient (Wildman–Crippen LogP) is 2.12. The molecule has 0 bridgehead atoms.